The first-order valence-corrected chi connectivity index (χ1v) is 8.34. The number of hydrogen-bond acceptors (Lipinski definition) is 4. The highest BCUT2D eigenvalue weighted by molar-refractivity contribution is 7.99. The van der Waals surface area contributed by atoms with Gasteiger partial charge in [-0.2, -0.15) is 0 Å². The highest BCUT2D eigenvalue weighted by Crippen LogP contribution is 2.19. The Kier molecular flexibility index (Phi) is 10.7. The number of nitrogens with one attached hydrogen (secondary N) is 1. The molecule has 0 saturated heterocycles. The molecule has 1 rings (SSSR count). The van der Waals surface area contributed by atoms with E-state index < -0.39 is 0 Å². The van der Waals surface area contributed by atoms with E-state index >= 15 is 0 Å². The monoisotopic (exact) mass is 297 g/mol. The maximum atomic E-state index is 5.44. The summed E-state index contributed by atoms with van der Waals surface area (Å²) in [6, 6.07) is 8.83. The van der Waals surface area contributed by atoms with E-state index in [1.54, 1.807) is 7.11 Å². The van der Waals surface area contributed by atoms with Crippen LogP contribution in [0.2, 0.25) is 0 Å². The number of thioether (sulfide) groups is 1. The van der Waals surface area contributed by atoms with Crippen LogP contribution >= 0.6 is 11.8 Å². The highest BCUT2D eigenvalue weighted by atomic mass is 32.2. The van der Waals surface area contributed by atoms with Crippen LogP contribution in [0.4, 0.5) is 0 Å². The van der Waals surface area contributed by atoms with Crippen molar-refractivity contribution < 1.29 is 9.47 Å². The zero-order valence-corrected chi connectivity index (χ0v) is 13.5. The Morgan fingerprint density at radius 3 is 2.60 bits per heavy atom. The van der Waals surface area contributed by atoms with Crippen molar-refractivity contribution in [3.8, 4) is 0 Å². The van der Waals surface area contributed by atoms with Crippen LogP contribution in [0.1, 0.15) is 25.3 Å². The summed E-state index contributed by atoms with van der Waals surface area (Å²) in [5, 5.41) is 3.41. The van der Waals surface area contributed by atoms with Crippen molar-refractivity contribution in [2.75, 3.05) is 39.2 Å². The van der Waals surface area contributed by atoms with E-state index in [9.17, 15) is 0 Å². The van der Waals surface area contributed by atoms with Crippen molar-refractivity contribution in [3.05, 3.63) is 29.8 Å². The molecule has 0 heterocycles. The minimum Gasteiger partial charge on any atom is -0.382 e. The molecule has 0 aliphatic heterocycles. The van der Waals surface area contributed by atoms with Gasteiger partial charge in [-0.1, -0.05) is 19.1 Å². The molecule has 1 aromatic rings. The van der Waals surface area contributed by atoms with Gasteiger partial charge in [0.1, 0.15) is 0 Å². The predicted molar refractivity (Wildman–Crippen MR) is 86.5 cm³/mol. The molecule has 0 aliphatic carbocycles. The summed E-state index contributed by atoms with van der Waals surface area (Å²) in [4.78, 5) is 1.33. The summed E-state index contributed by atoms with van der Waals surface area (Å²) in [5.41, 5.74) is 1.35. The second kappa shape index (κ2) is 12.2. The van der Waals surface area contributed by atoms with Crippen LogP contribution in [0.5, 0.6) is 0 Å². The molecule has 0 radical (unpaired) electrons. The van der Waals surface area contributed by atoms with Crippen molar-refractivity contribution >= 4 is 11.8 Å². The van der Waals surface area contributed by atoms with Crippen LogP contribution in [0.25, 0.3) is 0 Å². The van der Waals surface area contributed by atoms with E-state index in [0.29, 0.717) is 13.2 Å². The van der Waals surface area contributed by atoms with Gasteiger partial charge in [0.25, 0.3) is 0 Å². The maximum Gasteiger partial charge on any atom is 0.0700 e. The number of hydrogen-bond donors (Lipinski definition) is 1. The number of methoxy groups -OCH3 is 1. The summed E-state index contributed by atoms with van der Waals surface area (Å²) in [6.45, 7) is 6.42. The predicted octanol–water partition coefficient (Wildman–Crippen LogP) is 3.33. The molecule has 4 heteroatoms. The van der Waals surface area contributed by atoms with Gasteiger partial charge in [-0.05, 0) is 37.1 Å². The average molecular weight is 297 g/mol. The molecule has 1 N–H and O–H groups in total. The molecule has 0 aliphatic rings. The van der Waals surface area contributed by atoms with Gasteiger partial charge >= 0.3 is 0 Å². The number of ether oxygens (including phenoxy) is 2. The molecule has 0 spiro atoms. The highest BCUT2D eigenvalue weighted by Gasteiger charge is 1.96. The van der Waals surface area contributed by atoms with Gasteiger partial charge in [0.15, 0.2) is 0 Å². The molecule has 20 heavy (non-hydrogen) atoms. The van der Waals surface area contributed by atoms with E-state index in [1.807, 2.05) is 11.8 Å². The minimum absolute atomic E-state index is 0.681. The van der Waals surface area contributed by atoms with Crippen LogP contribution in [0.15, 0.2) is 29.2 Å². The SMILES string of the molecule is CCCNCc1ccc(SCCCOCCOC)cc1. The molecule has 114 valence electrons. The first-order chi connectivity index (χ1) is 9.86. The lowest BCUT2D eigenvalue weighted by Crippen LogP contribution is -2.13. The molecule has 3 nitrogen and oxygen atoms in total. The fourth-order valence-corrected chi connectivity index (χ4v) is 2.53. The summed E-state index contributed by atoms with van der Waals surface area (Å²) in [6.07, 6.45) is 2.26. The van der Waals surface area contributed by atoms with Crippen LogP contribution < -0.4 is 5.32 Å². The molecule has 0 aromatic heterocycles. The normalized spacial score (nSPS) is 10.9. The Morgan fingerprint density at radius 1 is 1.10 bits per heavy atom. The average Bonchev–Trinajstić information content (AvgIpc) is 2.48. The third kappa shape index (κ3) is 8.59. The van der Waals surface area contributed by atoms with Crippen LogP contribution in [-0.2, 0) is 16.0 Å². The van der Waals surface area contributed by atoms with Crippen LogP contribution in [0.3, 0.4) is 0 Å². The quantitative estimate of drug-likeness (QED) is 0.473. The lowest BCUT2D eigenvalue weighted by molar-refractivity contribution is 0.0713. The summed E-state index contributed by atoms with van der Waals surface area (Å²) in [7, 11) is 1.70. The van der Waals surface area contributed by atoms with Gasteiger partial charge < -0.3 is 14.8 Å². The molecule has 0 amide bonds. The molecule has 0 fully saturated rings. The molecule has 0 bridgehead atoms. The molecular weight excluding hydrogens is 270 g/mol. The van der Waals surface area contributed by atoms with Crippen molar-refractivity contribution in [1.29, 1.82) is 0 Å². The molecule has 0 saturated carbocycles. The van der Waals surface area contributed by atoms with Crippen LogP contribution in [-0.4, -0.2) is 39.2 Å². The van der Waals surface area contributed by atoms with Crippen molar-refractivity contribution in [2.45, 2.75) is 31.2 Å². The Morgan fingerprint density at radius 2 is 1.90 bits per heavy atom. The number of rotatable bonds is 12. The van der Waals surface area contributed by atoms with Gasteiger partial charge in [0, 0.05) is 30.9 Å². The van der Waals surface area contributed by atoms with Crippen LogP contribution in [0, 0.1) is 0 Å². The fourth-order valence-electron chi connectivity index (χ4n) is 1.71. The lowest BCUT2D eigenvalue weighted by Gasteiger charge is -2.06. The van der Waals surface area contributed by atoms with E-state index in [0.717, 1.165) is 31.9 Å². The maximum absolute atomic E-state index is 5.44. The Bertz CT molecular complexity index is 330. The first-order valence-electron chi connectivity index (χ1n) is 7.36. The zero-order chi connectivity index (χ0) is 14.5. The van der Waals surface area contributed by atoms with Crippen molar-refractivity contribution in [1.82, 2.24) is 5.32 Å². The third-order valence-corrected chi connectivity index (χ3v) is 3.91. The van der Waals surface area contributed by atoms with E-state index in [2.05, 4.69) is 36.5 Å². The van der Waals surface area contributed by atoms with Crippen molar-refractivity contribution in [2.24, 2.45) is 0 Å². The van der Waals surface area contributed by atoms with Gasteiger partial charge in [-0.15, -0.1) is 11.8 Å². The molecule has 0 unspecified atom stereocenters. The molecule has 0 atom stereocenters. The van der Waals surface area contributed by atoms with Crippen molar-refractivity contribution in [3.63, 3.8) is 0 Å². The van der Waals surface area contributed by atoms with E-state index in [4.69, 9.17) is 9.47 Å². The standard InChI is InChI=1S/C16H27NO2S/c1-3-9-17-14-15-5-7-16(8-6-15)20-13-4-10-19-12-11-18-2/h5-8,17H,3-4,9-14H2,1-2H3. The zero-order valence-electron chi connectivity index (χ0n) is 12.7. The number of benzene rings is 1. The van der Waals surface area contributed by atoms with Gasteiger partial charge in [-0.25, -0.2) is 0 Å². The molecular formula is C16H27NO2S. The Balaban J connectivity index is 2.08. The topological polar surface area (TPSA) is 30.5 Å². The summed E-state index contributed by atoms with van der Waals surface area (Å²) >= 11 is 1.89. The lowest BCUT2D eigenvalue weighted by atomic mass is 10.2. The second-order valence-electron chi connectivity index (χ2n) is 4.63. The van der Waals surface area contributed by atoms with E-state index in [1.165, 1.54) is 16.9 Å². The van der Waals surface area contributed by atoms with Gasteiger partial charge in [0.05, 0.1) is 13.2 Å². The summed E-state index contributed by atoms with van der Waals surface area (Å²) < 4.78 is 10.4. The second-order valence-corrected chi connectivity index (χ2v) is 5.80. The Labute approximate surface area is 127 Å². The first kappa shape index (κ1) is 17.5. The Hall–Kier alpha value is -0.550. The van der Waals surface area contributed by atoms with Gasteiger partial charge in [-0.3, -0.25) is 0 Å². The fraction of sp³-hybridized carbons (Fsp3) is 0.625. The van der Waals surface area contributed by atoms with Gasteiger partial charge in [0.2, 0.25) is 0 Å². The summed E-state index contributed by atoms with van der Waals surface area (Å²) in [5.74, 6) is 1.10. The smallest absolute Gasteiger partial charge is 0.0700 e. The largest absolute Gasteiger partial charge is 0.382 e. The van der Waals surface area contributed by atoms with E-state index in [-0.39, 0.29) is 0 Å². The molecule has 1 aromatic carbocycles. The minimum atomic E-state index is 0.681. The third-order valence-electron chi connectivity index (χ3n) is 2.81.